The number of nitrogens with zero attached hydrogens (tertiary/aromatic N) is 2. The third-order valence-corrected chi connectivity index (χ3v) is 7.31. The molecule has 1 aliphatic carbocycles. The summed E-state index contributed by atoms with van der Waals surface area (Å²) in [5, 5.41) is 0. The van der Waals surface area contributed by atoms with Crippen LogP contribution in [0.2, 0.25) is 0 Å². The van der Waals surface area contributed by atoms with Crippen LogP contribution in [0.3, 0.4) is 0 Å². The van der Waals surface area contributed by atoms with Gasteiger partial charge in [0.25, 0.3) is 0 Å². The Morgan fingerprint density at radius 3 is 2.32 bits per heavy atom. The highest BCUT2D eigenvalue weighted by molar-refractivity contribution is 5.85. The molecule has 4 nitrogen and oxygen atoms in total. The molecule has 152 valence electrons. The summed E-state index contributed by atoms with van der Waals surface area (Å²) in [4.78, 5) is 30.7. The first-order valence-electron chi connectivity index (χ1n) is 11.2. The van der Waals surface area contributed by atoms with Crippen LogP contribution in [0.5, 0.6) is 0 Å². The third-order valence-electron chi connectivity index (χ3n) is 7.31. The van der Waals surface area contributed by atoms with E-state index in [4.69, 9.17) is 0 Å². The van der Waals surface area contributed by atoms with Gasteiger partial charge in [0.05, 0.1) is 5.41 Å². The Morgan fingerprint density at radius 2 is 1.68 bits per heavy atom. The summed E-state index contributed by atoms with van der Waals surface area (Å²) in [5.74, 6) is 0.862. The zero-order valence-corrected chi connectivity index (χ0v) is 17.5. The highest BCUT2D eigenvalue weighted by Gasteiger charge is 2.47. The van der Waals surface area contributed by atoms with Gasteiger partial charge in [-0.05, 0) is 57.1 Å². The summed E-state index contributed by atoms with van der Waals surface area (Å²) in [7, 11) is 0. The molecule has 0 N–H and O–H groups in total. The van der Waals surface area contributed by atoms with E-state index in [0.717, 1.165) is 45.2 Å². The molecule has 0 unspecified atom stereocenters. The second kappa shape index (κ2) is 7.88. The fourth-order valence-corrected chi connectivity index (χ4v) is 5.45. The quantitative estimate of drug-likeness (QED) is 0.770. The van der Waals surface area contributed by atoms with Gasteiger partial charge in [-0.2, -0.15) is 0 Å². The largest absolute Gasteiger partial charge is 0.342 e. The Kier molecular flexibility index (Phi) is 5.48. The van der Waals surface area contributed by atoms with Gasteiger partial charge in [-0.1, -0.05) is 43.5 Å². The van der Waals surface area contributed by atoms with Gasteiger partial charge < -0.3 is 9.80 Å². The van der Waals surface area contributed by atoms with Crippen molar-refractivity contribution in [3.05, 3.63) is 35.4 Å². The average Bonchev–Trinajstić information content (AvgIpc) is 2.84. The van der Waals surface area contributed by atoms with Gasteiger partial charge >= 0.3 is 0 Å². The summed E-state index contributed by atoms with van der Waals surface area (Å²) in [6, 6.07) is 8.71. The molecule has 3 aliphatic rings. The summed E-state index contributed by atoms with van der Waals surface area (Å²) in [6.07, 6.45) is 8.15. The molecular formula is C24H34N2O2. The van der Waals surface area contributed by atoms with Gasteiger partial charge in [-0.15, -0.1) is 0 Å². The van der Waals surface area contributed by atoms with Crippen molar-refractivity contribution in [2.45, 2.75) is 77.8 Å². The molecule has 1 saturated carbocycles. The molecule has 2 fully saturated rings. The molecule has 1 spiro atoms. The molecule has 0 aromatic heterocycles. The molecule has 0 radical (unpaired) electrons. The zero-order chi connectivity index (χ0) is 19.7. The SMILES string of the molecule is CC(C)N1Cc2ccccc2CC2(CCN(C(=O)C3CCCCC3)CC2)C1=O. The molecule has 2 aliphatic heterocycles. The number of carbonyl (C=O) groups is 2. The summed E-state index contributed by atoms with van der Waals surface area (Å²) in [6.45, 7) is 6.39. The van der Waals surface area contributed by atoms with E-state index in [2.05, 4.69) is 47.9 Å². The molecule has 0 bridgehead atoms. The first-order chi connectivity index (χ1) is 13.5. The number of likely N-dealkylation sites (tertiary alicyclic amines) is 1. The Balaban J connectivity index is 1.53. The van der Waals surface area contributed by atoms with E-state index < -0.39 is 0 Å². The number of hydrogen-bond acceptors (Lipinski definition) is 2. The van der Waals surface area contributed by atoms with E-state index in [1.807, 2.05) is 0 Å². The number of piperidine rings is 1. The number of benzene rings is 1. The molecular weight excluding hydrogens is 348 g/mol. The summed E-state index contributed by atoms with van der Waals surface area (Å²) in [5.41, 5.74) is 2.24. The maximum absolute atomic E-state index is 13.6. The van der Waals surface area contributed by atoms with Crippen molar-refractivity contribution in [3.63, 3.8) is 0 Å². The lowest BCUT2D eigenvalue weighted by molar-refractivity contribution is -0.151. The zero-order valence-electron chi connectivity index (χ0n) is 17.5. The standard InChI is InChI=1S/C24H34N2O2/c1-18(2)26-17-21-11-7-6-10-20(21)16-24(23(26)28)12-14-25(15-13-24)22(27)19-8-4-3-5-9-19/h6-7,10-11,18-19H,3-5,8-9,12-17H2,1-2H3. The Morgan fingerprint density at radius 1 is 1.04 bits per heavy atom. The number of hydrogen-bond donors (Lipinski definition) is 0. The van der Waals surface area contributed by atoms with E-state index >= 15 is 0 Å². The van der Waals surface area contributed by atoms with Crippen LogP contribution in [0, 0.1) is 11.3 Å². The fraction of sp³-hybridized carbons (Fsp3) is 0.667. The van der Waals surface area contributed by atoms with Crippen LogP contribution < -0.4 is 0 Å². The minimum Gasteiger partial charge on any atom is -0.342 e. The highest BCUT2D eigenvalue weighted by Crippen LogP contribution is 2.41. The minimum absolute atomic E-state index is 0.192. The number of amides is 2. The monoisotopic (exact) mass is 382 g/mol. The van der Waals surface area contributed by atoms with Crippen molar-refractivity contribution >= 4 is 11.8 Å². The van der Waals surface area contributed by atoms with Crippen molar-refractivity contribution in [2.75, 3.05) is 13.1 Å². The average molecular weight is 383 g/mol. The van der Waals surface area contributed by atoms with Crippen LogP contribution in [-0.2, 0) is 22.6 Å². The van der Waals surface area contributed by atoms with Crippen LogP contribution in [0.1, 0.15) is 69.9 Å². The maximum Gasteiger partial charge on any atom is 0.229 e. The molecule has 2 amide bonds. The Labute approximate surface area is 169 Å². The third kappa shape index (κ3) is 3.58. The van der Waals surface area contributed by atoms with E-state index in [9.17, 15) is 9.59 Å². The second-order valence-electron chi connectivity index (χ2n) is 9.41. The van der Waals surface area contributed by atoms with Gasteiger partial charge in [-0.3, -0.25) is 9.59 Å². The first kappa shape index (κ1) is 19.5. The van der Waals surface area contributed by atoms with Gasteiger partial charge in [0.2, 0.25) is 11.8 Å². The highest BCUT2D eigenvalue weighted by atomic mass is 16.2. The van der Waals surface area contributed by atoms with Crippen LogP contribution in [-0.4, -0.2) is 40.7 Å². The van der Waals surface area contributed by atoms with E-state index in [0.29, 0.717) is 18.4 Å². The van der Waals surface area contributed by atoms with Gasteiger partial charge in [-0.25, -0.2) is 0 Å². The maximum atomic E-state index is 13.6. The number of fused-ring (bicyclic) bond motifs is 1. The van der Waals surface area contributed by atoms with Crippen LogP contribution in [0.15, 0.2) is 24.3 Å². The molecule has 1 aromatic carbocycles. The van der Waals surface area contributed by atoms with Gasteiger partial charge in [0.1, 0.15) is 0 Å². The lowest BCUT2D eigenvalue weighted by Crippen LogP contribution is -2.53. The summed E-state index contributed by atoms with van der Waals surface area (Å²) >= 11 is 0. The van der Waals surface area contributed by atoms with Crippen molar-refractivity contribution < 1.29 is 9.59 Å². The Hall–Kier alpha value is -1.84. The van der Waals surface area contributed by atoms with Crippen LogP contribution in [0.25, 0.3) is 0 Å². The lowest BCUT2D eigenvalue weighted by Gasteiger charge is -2.43. The fourth-order valence-electron chi connectivity index (χ4n) is 5.45. The predicted octanol–water partition coefficient (Wildman–Crippen LogP) is 4.17. The number of rotatable bonds is 2. The molecule has 0 atom stereocenters. The minimum atomic E-state index is -0.347. The molecule has 4 rings (SSSR count). The van der Waals surface area contributed by atoms with E-state index in [1.165, 1.54) is 30.4 Å². The molecule has 4 heteroatoms. The summed E-state index contributed by atoms with van der Waals surface area (Å²) < 4.78 is 0. The first-order valence-corrected chi connectivity index (χ1v) is 11.2. The topological polar surface area (TPSA) is 40.6 Å². The van der Waals surface area contributed by atoms with Crippen molar-refractivity contribution in [1.82, 2.24) is 9.80 Å². The van der Waals surface area contributed by atoms with Crippen LogP contribution in [0.4, 0.5) is 0 Å². The number of carbonyl (C=O) groups excluding carboxylic acids is 2. The smallest absolute Gasteiger partial charge is 0.229 e. The Bertz CT molecular complexity index is 728. The second-order valence-corrected chi connectivity index (χ2v) is 9.41. The van der Waals surface area contributed by atoms with Crippen LogP contribution >= 0.6 is 0 Å². The molecule has 28 heavy (non-hydrogen) atoms. The molecule has 2 heterocycles. The van der Waals surface area contributed by atoms with E-state index in [-0.39, 0.29) is 17.4 Å². The van der Waals surface area contributed by atoms with Crippen molar-refractivity contribution in [2.24, 2.45) is 11.3 Å². The van der Waals surface area contributed by atoms with Gasteiger partial charge in [0.15, 0.2) is 0 Å². The lowest BCUT2D eigenvalue weighted by atomic mass is 9.72. The van der Waals surface area contributed by atoms with Crippen molar-refractivity contribution in [1.29, 1.82) is 0 Å². The predicted molar refractivity (Wildman–Crippen MR) is 111 cm³/mol. The van der Waals surface area contributed by atoms with E-state index in [1.54, 1.807) is 0 Å². The van der Waals surface area contributed by atoms with Crippen molar-refractivity contribution in [3.8, 4) is 0 Å². The molecule has 1 saturated heterocycles. The molecule has 1 aromatic rings. The normalized spacial score (nSPS) is 23.0. The van der Waals surface area contributed by atoms with Gasteiger partial charge in [0, 0.05) is 31.6 Å².